The summed E-state index contributed by atoms with van der Waals surface area (Å²) in [6.07, 6.45) is 1.49. The fraction of sp³-hybridized carbons (Fsp3) is 0.0870. The molecule has 0 spiro atoms. The molecule has 8 heteroatoms. The fourth-order valence-corrected chi connectivity index (χ4v) is 3.88. The second-order valence-corrected chi connectivity index (χ2v) is 7.32. The number of carboxylic acid groups (broad SMARTS) is 1. The highest BCUT2D eigenvalue weighted by Gasteiger charge is 2.18. The highest BCUT2D eigenvalue weighted by atomic mass is 19.1. The smallest absolute Gasteiger partial charge is 0.337 e. The van der Waals surface area contributed by atoms with Gasteiger partial charge < -0.3 is 15.0 Å². The summed E-state index contributed by atoms with van der Waals surface area (Å²) in [5.41, 5.74) is 5.14. The van der Waals surface area contributed by atoms with E-state index in [0.29, 0.717) is 11.0 Å². The number of carbonyl (C=O) groups is 1. The molecule has 0 fully saturated rings. The summed E-state index contributed by atoms with van der Waals surface area (Å²) in [5.74, 6) is -1.31. The number of aryl methyl sites for hydroxylation is 1. The number of nitrogens with one attached hydrogen (secondary N) is 1. The third-order valence-corrected chi connectivity index (χ3v) is 5.41. The summed E-state index contributed by atoms with van der Waals surface area (Å²) in [4.78, 5) is 20.9. The number of fused-ring (bicyclic) bond motifs is 2. The Balaban J connectivity index is 1.61. The van der Waals surface area contributed by atoms with Gasteiger partial charge in [0.15, 0.2) is 0 Å². The lowest BCUT2D eigenvalue weighted by Gasteiger charge is -2.19. The van der Waals surface area contributed by atoms with Gasteiger partial charge in [0.1, 0.15) is 5.82 Å². The van der Waals surface area contributed by atoms with Crippen molar-refractivity contribution >= 4 is 39.3 Å². The number of rotatable bonds is 4. The Morgan fingerprint density at radius 3 is 2.68 bits per heavy atom. The lowest BCUT2D eigenvalue weighted by atomic mass is 10.1. The highest BCUT2D eigenvalue weighted by Crippen LogP contribution is 2.33. The van der Waals surface area contributed by atoms with Crippen molar-refractivity contribution < 1.29 is 14.3 Å². The van der Waals surface area contributed by atoms with E-state index in [1.54, 1.807) is 10.7 Å². The second-order valence-electron chi connectivity index (χ2n) is 7.32. The van der Waals surface area contributed by atoms with Crippen LogP contribution in [-0.4, -0.2) is 37.9 Å². The summed E-state index contributed by atoms with van der Waals surface area (Å²) >= 11 is 0. The SMILES string of the molecule is CN(c1cccc(F)c1)c1ccc2c(-c3cc4nccc(C(=O)O)c4[nH]3)n(C)nc2c1. The van der Waals surface area contributed by atoms with Gasteiger partial charge in [0.05, 0.1) is 33.5 Å². The van der Waals surface area contributed by atoms with Crippen molar-refractivity contribution in [1.29, 1.82) is 0 Å². The Morgan fingerprint density at radius 1 is 1.10 bits per heavy atom. The maximum Gasteiger partial charge on any atom is 0.337 e. The van der Waals surface area contributed by atoms with Gasteiger partial charge in [-0.05, 0) is 48.5 Å². The van der Waals surface area contributed by atoms with E-state index in [2.05, 4.69) is 15.1 Å². The third-order valence-electron chi connectivity index (χ3n) is 5.41. The number of anilines is 2. The van der Waals surface area contributed by atoms with E-state index in [1.807, 2.05) is 49.3 Å². The van der Waals surface area contributed by atoms with Gasteiger partial charge in [-0.25, -0.2) is 9.18 Å². The van der Waals surface area contributed by atoms with Crippen LogP contribution in [0.5, 0.6) is 0 Å². The van der Waals surface area contributed by atoms with Gasteiger partial charge >= 0.3 is 5.97 Å². The zero-order chi connectivity index (χ0) is 21.7. The first-order valence-corrected chi connectivity index (χ1v) is 9.60. The lowest BCUT2D eigenvalue weighted by molar-refractivity contribution is 0.0698. The predicted molar refractivity (Wildman–Crippen MR) is 117 cm³/mol. The first-order valence-electron chi connectivity index (χ1n) is 9.60. The van der Waals surface area contributed by atoms with Crippen LogP contribution >= 0.6 is 0 Å². The topological polar surface area (TPSA) is 87.0 Å². The zero-order valence-corrected chi connectivity index (χ0v) is 16.8. The van der Waals surface area contributed by atoms with Crippen LogP contribution < -0.4 is 4.90 Å². The van der Waals surface area contributed by atoms with Crippen molar-refractivity contribution in [3.8, 4) is 11.4 Å². The Morgan fingerprint density at radius 2 is 1.90 bits per heavy atom. The molecular formula is C23H18FN5O2. The molecule has 0 aliphatic carbocycles. The van der Waals surface area contributed by atoms with Crippen LogP contribution in [0.2, 0.25) is 0 Å². The van der Waals surface area contributed by atoms with Crippen LogP contribution in [-0.2, 0) is 7.05 Å². The quantitative estimate of drug-likeness (QED) is 0.443. The van der Waals surface area contributed by atoms with Gasteiger partial charge in [-0.1, -0.05) is 6.07 Å². The largest absolute Gasteiger partial charge is 0.478 e. The first kappa shape index (κ1) is 18.8. The molecule has 3 heterocycles. The summed E-state index contributed by atoms with van der Waals surface area (Å²) in [7, 11) is 3.71. The summed E-state index contributed by atoms with van der Waals surface area (Å²) in [5, 5.41) is 15.0. The Labute approximate surface area is 176 Å². The molecule has 3 aromatic heterocycles. The van der Waals surface area contributed by atoms with Gasteiger partial charge in [-0.2, -0.15) is 5.10 Å². The van der Waals surface area contributed by atoms with E-state index in [0.717, 1.165) is 33.7 Å². The van der Waals surface area contributed by atoms with Gasteiger partial charge in [0.2, 0.25) is 0 Å². The van der Waals surface area contributed by atoms with E-state index >= 15 is 0 Å². The van der Waals surface area contributed by atoms with Crippen LogP contribution in [0.15, 0.2) is 60.8 Å². The Hall–Kier alpha value is -4.20. The molecule has 31 heavy (non-hydrogen) atoms. The summed E-state index contributed by atoms with van der Waals surface area (Å²) in [6, 6.07) is 15.5. The number of hydrogen-bond acceptors (Lipinski definition) is 4. The Bertz CT molecular complexity index is 1470. The van der Waals surface area contributed by atoms with E-state index in [1.165, 1.54) is 24.4 Å². The molecule has 2 aromatic carbocycles. The number of aromatic nitrogens is 4. The number of halogens is 1. The molecule has 0 atom stereocenters. The molecule has 5 aromatic rings. The van der Waals surface area contributed by atoms with Crippen LogP contribution in [0.1, 0.15) is 10.4 Å². The Kier molecular flexibility index (Phi) is 4.21. The van der Waals surface area contributed by atoms with Crippen LogP contribution in [0.3, 0.4) is 0 Å². The van der Waals surface area contributed by atoms with E-state index in [-0.39, 0.29) is 11.4 Å². The monoisotopic (exact) mass is 415 g/mol. The molecule has 2 N–H and O–H groups in total. The summed E-state index contributed by atoms with van der Waals surface area (Å²) in [6.45, 7) is 0. The second kappa shape index (κ2) is 6.94. The minimum atomic E-state index is -1.01. The first-order chi connectivity index (χ1) is 14.9. The summed E-state index contributed by atoms with van der Waals surface area (Å²) < 4.78 is 15.4. The molecule has 0 unspecified atom stereocenters. The van der Waals surface area contributed by atoms with Crippen LogP contribution in [0.4, 0.5) is 15.8 Å². The number of pyridine rings is 1. The fourth-order valence-electron chi connectivity index (χ4n) is 3.88. The van der Waals surface area contributed by atoms with Crippen molar-refractivity contribution in [1.82, 2.24) is 19.7 Å². The maximum absolute atomic E-state index is 13.6. The number of carboxylic acids is 1. The standard InChI is InChI=1S/C23H18FN5O2/c1-28(14-5-3-4-13(24)10-14)15-6-7-16-18(11-15)27-29(2)22(16)20-12-19-21(26-20)17(23(30)31)8-9-25-19/h3-12,26H,1-2H3,(H,30,31). The van der Waals surface area contributed by atoms with E-state index < -0.39 is 5.97 Å². The molecule has 0 amide bonds. The molecule has 0 saturated carbocycles. The van der Waals surface area contributed by atoms with E-state index in [4.69, 9.17) is 0 Å². The van der Waals surface area contributed by atoms with Crippen molar-refractivity contribution in [3.05, 3.63) is 72.2 Å². The predicted octanol–water partition coefficient (Wildman–Crippen LogP) is 4.72. The van der Waals surface area contributed by atoms with Gasteiger partial charge in [0.25, 0.3) is 0 Å². The average Bonchev–Trinajstić information content (AvgIpc) is 3.31. The van der Waals surface area contributed by atoms with Gasteiger partial charge in [0, 0.05) is 37.1 Å². The number of aromatic carboxylic acids is 1. The molecule has 5 rings (SSSR count). The van der Waals surface area contributed by atoms with Crippen molar-refractivity contribution in [2.75, 3.05) is 11.9 Å². The number of benzene rings is 2. The van der Waals surface area contributed by atoms with Crippen molar-refractivity contribution in [2.24, 2.45) is 7.05 Å². The average molecular weight is 415 g/mol. The molecule has 0 aliphatic rings. The third kappa shape index (κ3) is 3.09. The minimum absolute atomic E-state index is 0.168. The van der Waals surface area contributed by atoms with Crippen LogP contribution in [0, 0.1) is 5.82 Å². The van der Waals surface area contributed by atoms with Gasteiger partial charge in [-0.3, -0.25) is 9.67 Å². The molecule has 0 aliphatic heterocycles. The molecule has 0 saturated heterocycles. The lowest BCUT2D eigenvalue weighted by Crippen LogP contribution is -2.09. The van der Waals surface area contributed by atoms with E-state index in [9.17, 15) is 14.3 Å². The normalized spacial score (nSPS) is 11.3. The zero-order valence-electron chi connectivity index (χ0n) is 16.8. The molecular weight excluding hydrogens is 397 g/mol. The minimum Gasteiger partial charge on any atom is -0.478 e. The number of hydrogen-bond donors (Lipinski definition) is 2. The molecule has 0 bridgehead atoms. The maximum atomic E-state index is 13.6. The molecule has 154 valence electrons. The molecule has 7 nitrogen and oxygen atoms in total. The number of H-pyrrole nitrogens is 1. The number of nitrogens with zero attached hydrogens (tertiary/aromatic N) is 4. The van der Waals surface area contributed by atoms with Crippen molar-refractivity contribution in [2.45, 2.75) is 0 Å². The molecule has 0 radical (unpaired) electrons. The number of aromatic amines is 1. The highest BCUT2D eigenvalue weighted by molar-refractivity contribution is 6.03. The van der Waals surface area contributed by atoms with Crippen LogP contribution in [0.25, 0.3) is 33.3 Å². The van der Waals surface area contributed by atoms with Crippen molar-refractivity contribution in [3.63, 3.8) is 0 Å². The van der Waals surface area contributed by atoms with Gasteiger partial charge in [-0.15, -0.1) is 0 Å².